The summed E-state index contributed by atoms with van der Waals surface area (Å²) in [6.07, 6.45) is 2.48. The number of hydrogen-bond acceptors (Lipinski definition) is 7. The summed E-state index contributed by atoms with van der Waals surface area (Å²) in [5, 5.41) is 4.86. The van der Waals surface area contributed by atoms with Crippen molar-refractivity contribution in [1.29, 1.82) is 0 Å². The number of aromatic nitrogens is 1. The molecule has 2 aromatic rings. The summed E-state index contributed by atoms with van der Waals surface area (Å²) >= 11 is 6.68. The van der Waals surface area contributed by atoms with Crippen LogP contribution in [0.5, 0.6) is 0 Å². The third-order valence-corrected chi connectivity index (χ3v) is 5.53. The first-order chi connectivity index (χ1) is 13.9. The lowest BCUT2D eigenvalue weighted by atomic mass is 10.1. The lowest BCUT2D eigenvalue weighted by Crippen LogP contribution is -2.46. The van der Waals surface area contributed by atoms with E-state index >= 15 is 0 Å². The Hall–Kier alpha value is -2.58. The molecule has 3 atom stereocenters. The zero-order valence-corrected chi connectivity index (χ0v) is 17.0. The molecule has 4 rings (SSSR count). The van der Waals surface area contributed by atoms with Crippen LogP contribution in [0.25, 0.3) is 11.0 Å². The van der Waals surface area contributed by atoms with Crippen molar-refractivity contribution in [3.63, 3.8) is 0 Å². The van der Waals surface area contributed by atoms with Crippen LogP contribution in [0.3, 0.4) is 0 Å². The van der Waals surface area contributed by atoms with Gasteiger partial charge in [-0.2, -0.15) is 0 Å². The van der Waals surface area contributed by atoms with Gasteiger partial charge in [0.25, 0.3) is 0 Å². The lowest BCUT2D eigenvalue weighted by molar-refractivity contribution is -0.00524. The van der Waals surface area contributed by atoms with Crippen LogP contribution in [0.4, 0.5) is 16.3 Å². The molecule has 29 heavy (non-hydrogen) atoms. The van der Waals surface area contributed by atoms with E-state index < -0.39 is 6.09 Å². The molecule has 0 N–H and O–H groups in total. The summed E-state index contributed by atoms with van der Waals surface area (Å²) in [6, 6.07) is 1.42. The number of ether oxygens (including phenoxy) is 2. The van der Waals surface area contributed by atoms with Crippen molar-refractivity contribution in [2.45, 2.75) is 38.5 Å². The Morgan fingerprint density at radius 1 is 1.34 bits per heavy atom. The monoisotopic (exact) mass is 419 g/mol. The predicted octanol–water partition coefficient (Wildman–Crippen LogP) is 3.81. The normalized spacial score (nSPS) is 24.8. The van der Waals surface area contributed by atoms with Gasteiger partial charge in [-0.1, -0.05) is 22.8 Å². The fourth-order valence-electron chi connectivity index (χ4n) is 4.07. The molecule has 9 heteroatoms. The predicted molar refractivity (Wildman–Crippen MR) is 109 cm³/mol. The molecule has 3 heterocycles. The van der Waals surface area contributed by atoms with Crippen molar-refractivity contribution < 1.29 is 23.6 Å². The average molecular weight is 420 g/mol. The number of hydrogen-bond donors (Lipinski definition) is 0. The Morgan fingerprint density at radius 3 is 2.72 bits per heavy atom. The van der Waals surface area contributed by atoms with Gasteiger partial charge in [0.1, 0.15) is 11.6 Å². The second kappa shape index (κ2) is 7.68. The number of carbonyl (C=O) groups excluding carboxylic acids is 2. The van der Waals surface area contributed by atoms with Crippen LogP contribution in [0.15, 0.2) is 23.2 Å². The Balaban J connectivity index is 1.82. The molecule has 1 amide bonds. The molecule has 0 aliphatic carbocycles. The molecular weight excluding hydrogens is 398 g/mol. The highest BCUT2D eigenvalue weighted by Crippen LogP contribution is 2.42. The topological polar surface area (TPSA) is 85.1 Å². The Bertz CT molecular complexity index is 965. The highest BCUT2D eigenvalue weighted by Gasteiger charge is 2.37. The van der Waals surface area contributed by atoms with E-state index in [1.165, 1.54) is 4.90 Å². The van der Waals surface area contributed by atoms with Crippen LogP contribution >= 0.6 is 11.6 Å². The molecule has 2 saturated heterocycles. The summed E-state index contributed by atoms with van der Waals surface area (Å²) in [4.78, 5) is 27.7. The van der Waals surface area contributed by atoms with Crippen LogP contribution < -0.4 is 9.80 Å². The van der Waals surface area contributed by atoms with Crippen LogP contribution in [0.1, 0.15) is 30.6 Å². The maximum Gasteiger partial charge on any atom is 0.416 e. The first-order valence-corrected chi connectivity index (χ1v) is 9.86. The van der Waals surface area contributed by atoms with Crippen LogP contribution in [-0.4, -0.2) is 55.5 Å². The third kappa shape index (κ3) is 3.36. The van der Waals surface area contributed by atoms with Gasteiger partial charge in [-0.15, -0.1) is 6.58 Å². The number of cyclic esters (lactones) is 1. The van der Waals surface area contributed by atoms with Gasteiger partial charge in [-0.05, 0) is 26.3 Å². The van der Waals surface area contributed by atoms with E-state index in [4.69, 9.17) is 25.6 Å². The third-order valence-electron chi connectivity index (χ3n) is 5.18. The van der Waals surface area contributed by atoms with E-state index in [1.807, 2.05) is 18.7 Å². The van der Waals surface area contributed by atoms with Crippen LogP contribution in [0, 0.1) is 0 Å². The van der Waals surface area contributed by atoms with Crippen LogP contribution in [0.2, 0.25) is 5.02 Å². The minimum Gasteiger partial charge on any atom is -0.447 e. The zero-order valence-electron chi connectivity index (χ0n) is 16.3. The number of morpholine rings is 1. The number of halogens is 1. The molecule has 1 aromatic carbocycles. The van der Waals surface area contributed by atoms with E-state index in [0.717, 1.165) is 6.29 Å². The number of benzene rings is 1. The number of nitrogens with zero attached hydrogens (tertiary/aromatic N) is 3. The lowest BCUT2D eigenvalue weighted by Gasteiger charge is -2.37. The standard InChI is InChI=1S/C20H22ClN3O5/c1-4-5-14-10-27-20(26)24(14)19-15-6-13(9-25)17(16(21)18(15)29-22-19)23-7-11(2)28-12(3)8-23/h4,6,9,11-12,14H,1,5,7-8,10H2,2-3H3/t11-,12-,14+/m1/s1. The fourth-order valence-corrected chi connectivity index (χ4v) is 4.43. The number of rotatable bonds is 5. The number of amides is 1. The van der Waals surface area contributed by atoms with Gasteiger partial charge in [0.2, 0.25) is 0 Å². The summed E-state index contributed by atoms with van der Waals surface area (Å²) < 4.78 is 16.5. The quantitative estimate of drug-likeness (QED) is 0.538. The van der Waals surface area contributed by atoms with E-state index in [0.29, 0.717) is 41.7 Å². The molecule has 0 bridgehead atoms. The van der Waals surface area contributed by atoms with Crippen molar-refractivity contribution in [3.05, 3.63) is 29.3 Å². The Morgan fingerprint density at radius 2 is 2.07 bits per heavy atom. The number of anilines is 2. The van der Waals surface area contributed by atoms with Gasteiger partial charge in [0.05, 0.1) is 29.3 Å². The zero-order chi connectivity index (χ0) is 20.7. The first kappa shape index (κ1) is 19.7. The molecule has 1 aromatic heterocycles. The van der Waals surface area contributed by atoms with Gasteiger partial charge in [-0.25, -0.2) is 4.79 Å². The number of aldehydes is 1. The van der Waals surface area contributed by atoms with E-state index in [1.54, 1.807) is 12.1 Å². The molecule has 0 radical (unpaired) electrons. The Labute approximate surface area is 172 Å². The molecule has 0 unspecified atom stereocenters. The first-order valence-electron chi connectivity index (χ1n) is 9.49. The smallest absolute Gasteiger partial charge is 0.416 e. The second-order valence-electron chi connectivity index (χ2n) is 7.42. The van der Waals surface area contributed by atoms with Crippen molar-refractivity contribution >= 4 is 46.5 Å². The minimum absolute atomic E-state index is 0.00525. The fraction of sp³-hybridized carbons (Fsp3) is 0.450. The van der Waals surface area contributed by atoms with Gasteiger partial charge in [0, 0.05) is 18.7 Å². The van der Waals surface area contributed by atoms with Crippen molar-refractivity contribution in [1.82, 2.24) is 5.16 Å². The van der Waals surface area contributed by atoms with Gasteiger partial charge in [0.15, 0.2) is 17.7 Å². The summed E-state index contributed by atoms with van der Waals surface area (Å²) in [5.41, 5.74) is 1.32. The summed E-state index contributed by atoms with van der Waals surface area (Å²) in [6.45, 7) is 9.09. The number of fused-ring (bicyclic) bond motifs is 1. The van der Waals surface area contributed by atoms with Gasteiger partial charge < -0.3 is 18.9 Å². The van der Waals surface area contributed by atoms with E-state index in [2.05, 4.69) is 11.7 Å². The molecule has 0 spiro atoms. The van der Waals surface area contributed by atoms with Gasteiger partial charge >= 0.3 is 6.09 Å². The van der Waals surface area contributed by atoms with Crippen molar-refractivity contribution in [2.75, 3.05) is 29.5 Å². The van der Waals surface area contributed by atoms with E-state index in [9.17, 15) is 9.59 Å². The SMILES string of the molecule is C=CC[C@H]1COC(=O)N1c1noc2c(Cl)c(N3C[C@@H](C)O[C@H](C)C3)c(C=O)cc12. The number of carbonyl (C=O) groups is 2. The van der Waals surface area contributed by atoms with Crippen LogP contribution in [-0.2, 0) is 9.47 Å². The molecule has 8 nitrogen and oxygen atoms in total. The highest BCUT2D eigenvalue weighted by atomic mass is 35.5. The molecule has 2 aliphatic rings. The molecule has 0 saturated carbocycles. The minimum atomic E-state index is -0.518. The Kier molecular flexibility index (Phi) is 5.23. The molecule has 2 fully saturated rings. The molecular formula is C20H22ClN3O5. The largest absolute Gasteiger partial charge is 0.447 e. The maximum absolute atomic E-state index is 12.3. The summed E-state index contributed by atoms with van der Waals surface area (Å²) in [7, 11) is 0. The maximum atomic E-state index is 12.3. The molecule has 2 aliphatic heterocycles. The molecule has 154 valence electrons. The average Bonchev–Trinajstić information content (AvgIpc) is 3.24. The van der Waals surface area contributed by atoms with Crippen molar-refractivity contribution in [2.24, 2.45) is 0 Å². The highest BCUT2D eigenvalue weighted by molar-refractivity contribution is 6.38. The second-order valence-corrected chi connectivity index (χ2v) is 7.79. The van der Waals surface area contributed by atoms with Crippen molar-refractivity contribution in [3.8, 4) is 0 Å². The van der Waals surface area contributed by atoms with Gasteiger partial charge in [-0.3, -0.25) is 9.69 Å². The summed E-state index contributed by atoms with van der Waals surface area (Å²) in [5.74, 6) is 0.287. The van der Waals surface area contributed by atoms with E-state index in [-0.39, 0.29) is 35.7 Å².